The smallest absolute Gasteiger partial charge is 0.254 e. The molecule has 0 aliphatic rings. The molecule has 0 saturated heterocycles. The van der Waals surface area contributed by atoms with Gasteiger partial charge in [0.05, 0.1) is 10.6 Å². The van der Waals surface area contributed by atoms with E-state index >= 15 is 0 Å². The summed E-state index contributed by atoms with van der Waals surface area (Å²) >= 11 is 12.0. The van der Waals surface area contributed by atoms with E-state index in [4.69, 9.17) is 32.4 Å². The number of rotatable bonds is 6. The molecule has 0 atom stereocenters. The minimum Gasteiger partial charge on any atom is -0.482 e. The van der Waals surface area contributed by atoms with Gasteiger partial charge in [-0.3, -0.25) is 0 Å². The summed E-state index contributed by atoms with van der Waals surface area (Å²) in [4.78, 5) is 0.0676. The van der Waals surface area contributed by atoms with Gasteiger partial charge in [0.15, 0.2) is 6.61 Å². The van der Waals surface area contributed by atoms with Crippen LogP contribution in [0.5, 0.6) is 5.75 Å². The molecule has 2 aromatic carbocycles. The molecule has 0 aliphatic carbocycles. The van der Waals surface area contributed by atoms with E-state index in [1.807, 2.05) is 0 Å². The van der Waals surface area contributed by atoms with E-state index in [0.717, 1.165) is 9.87 Å². The van der Waals surface area contributed by atoms with Crippen molar-refractivity contribution < 1.29 is 17.6 Å². The third-order valence-electron chi connectivity index (χ3n) is 3.84. The highest BCUT2D eigenvalue weighted by atomic mass is 35.5. The maximum absolute atomic E-state index is 12.5. The maximum atomic E-state index is 12.5. The second-order valence-electron chi connectivity index (χ2n) is 6.15. The van der Waals surface area contributed by atoms with Crippen LogP contribution < -0.4 is 4.74 Å². The molecule has 1 aromatic heterocycles. The number of hydrogen-bond donors (Lipinski definition) is 0. The summed E-state index contributed by atoms with van der Waals surface area (Å²) in [6.07, 6.45) is 0. The Bertz CT molecular complexity index is 1110. The summed E-state index contributed by atoms with van der Waals surface area (Å²) in [5, 5.41) is 8.74. The van der Waals surface area contributed by atoms with E-state index in [2.05, 4.69) is 10.2 Å². The Morgan fingerprint density at radius 3 is 2.54 bits per heavy atom. The first-order chi connectivity index (χ1) is 13.2. The van der Waals surface area contributed by atoms with Gasteiger partial charge in [-0.15, -0.1) is 10.2 Å². The second kappa shape index (κ2) is 8.08. The van der Waals surface area contributed by atoms with Crippen LogP contribution in [0.15, 0.2) is 45.7 Å². The van der Waals surface area contributed by atoms with Gasteiger partial charge in [-0.05, 0) is 42.8 Å². The summed E-state index contributed by atoms with van der Waals surface area (Å²) in [7, 11) is -0.750. The molecular weight excluding hydrogens is 425 g/mol. The summed E-state index contributed by atoms with van der Waals surface area (Å²) in [6.45, 7) is 1.70. The highest BCUT2D eigenvalue weighted by Crippen LogP contribution is 2.30. The molecule has 0 bridgehead atoms. The number of nitrogens with zero attached hydrogens (tertiary/aromatic N) is 3. The van der Waals surface area contributed by atoms with Crippen molar-refractivity contribution in [3.8, 4) is 17.2 Å². The molecule has 0 aliphatic heterocycles. The number of benzene rings is 2. The summed E-state index contributed by atoms with van der Waals surface area (Å²) < 4.78 is 37.4. The fourth-order valence-corrected chi connectivity index (χ4v) is 3.95. The lowest BCUT2D eigenvalue weighted by Gasteiger charge is -2.15. The Morgan fingerprint density at radius 1 is 1.11 bits per heavy atom. The van der Waals surface area contributed by atoms with Crippen LogP contribution >= 0.6 is 23.2 Å². The quantitative estimate of drug-likeness (QED) is 0.570. The molecule has 0 unspecified atom stereocenters. The van der Waals surface area contributed by atoms with Crippen molar-refractivity contribution in [1.82, 2.24) is 14.5 Å². The third-order valence-corrected chi connectivity index (χ3v) is 6.22. The van der Waals surface area contributed by atoms with Crippen LogP contribution in [0, 0.1) is 6.92 Å². The third kappa shape index (κ3) is 4.30. The first kappa shape index (κ1) is 20.6. The predicted molar refractivity (Wildman–Crippen MR) is 106 cm³/mol. The molecule has 148 valence electrons. The zero-order chi connectivity index (χ0) is 20.5. The summed E-state index contributed by atoms with van der Waals surface area (Å²) in [5.74, 6) is 0.587. The van der Waals surface area contributed by atoms with Crippen LogP contribution in [0.3, 0.4) is 0 Å². The van der Waals surface area contributed by atoms with Gasteiger partial charge in [-0.1, -0.05) is 29.3 Å². The zero-order valence-electron chi connectivity index (χ0n) is 15.3. The van der Waals surface area contributed by atoms with Gasteiger partial charge in [0.1, 0.15) is 10.6 Å². The summed E-state index contributed by atoms with van der Waals surface area (Å²) in [5.41, 5.74) is 1.33. The van der Waals surface area contributed by atoms with E-state index in [-0.39, 0.29) is 29.0 Å². The standard InChI is InChI=1S/C18H17Cl2N3O4S/c1-11-4-7-15(16(8-11)28(24,25)23(2)3)26-10-17-21-22-18(27-17)13-6-5-12(19)9-14(13)20/h4-9H,10H2,1-3H3. The van der Waals surface area contributed by atoms with Crippen LogP contribution in [0.2, 0.25) is 10.0 Å². The molecule has 0 radical (unpaired) electrons. The molecule has 3 rings (SSSR count). The van der Waals surface area contributed by atoms with E-state index < -0.39 is 10.0 Å². The van der Waals surface area contributed by atoms with Crippen molar-refractivity contribution in [2.24, 2.45) is 0 Å². The monoisotopic (exact) mass is 441 g/mol. The van der Waals surface area contributed by atoms with Gasteiger partial charge in [-0.2, -0.15) is 0 Å². The lowest BCUT2D eigenvalue weighted by atomic mass is 10.2. The Balaban J connectivity index is 1.83. The van der Waals surface area contributed by atoms with Crippen molar-refractivity contribution in [3.63, 3.8) is 0 Å². The van der Waals surface area contributed by atoms with Crippen molar-refractivity contribution in [3.05, 3.63) is 57.9 Å². The van der Waals surface area contributed by atoms with Gasteiger partial charge >= 0.3 is 0 Å². The lowest BCUT2D eigenvalue weighted by molar-refractivity contribution is 0.257. The molecule has 0 amide bonds. The summed E-state index contributed by atoms with van der Waals surface area (Å²) in [6, 6.07) is 9.81. The molecule has 28 heavy (non-hydrogen) atoms. The number of hydrogen-bond acceptors (Lipinski definition) is 6. The van der Waals surface area contributed by atoms with Gasteiger partial charge in [-0.25, -0.2) is 12.7 Å². The fraction of sp³-hybridized carbons (Fsp3) is 0.222. The highest BCUT2D eigenvalue weighted by molar-refractivity contribution is 7.89. The fourth-order valence-electron chi connectivity index (χ4n) is 2.36. The highest BCUT2D eigenvalue weighted by Gasteiger charge is 2.23. The average molecular weight is 442 g/mol. The van der Waals surface area contributed by atoms with E-state index in [1.54, 1.807) is 43.3 Å². The van der Waals surface area contributed by atoms with E-state index in [9.17, 15) is 8.42 Å². The largest absolute Gasteiger partial charge is 0.482 e. The van der Waals surface area contributed by atoms with Crippen LogP contribution in [0.4, 0.5) is 0 Å². The Labute approximate surface area is 172 Å². The number of ether oxygens (including phenoxy) is 1. The number of aryl methyl sites for hydroxylation is 1. The Hall–Kier alpha value is -2.13. The zero-order valence-corrected chi connectivity index (χ0v) is 17.6. The Kier molecular flexibility index (Phi) is 5.95. The first-order valence-electron chi connectivity index (χ1n) is 8.12. The lowest BCUT2D eigenvalue weighted by Crippen LogP contribution is -2.23. The van der Waals surface area contributed by atoms with Crippen molar-refractivity contribution >= 4 is 33.2 Å². The SMILES string of the molecule is Cc1ccc(OCc2nnc(-c3ccc(Cl)cc3Cl)o2)c(S(=O)(=O)N(C)C)c1. The molecule has 1 heterocycles. The molecule has 7 nitrogen and oxygen atoms in total. The van der Waals surface area contributed by atoms with Crippen molar-refractivity contribution in [2.45, 2.75) is 18.4 Å². The molecule has 3 aromatic rings. The molecular formula is C18H17Cl2N3O4S. The molecule has 0 saturated carbocycles. The normalized spacial score (nSPS) is 11.8. The number of sulfonamides is 1. The van der Waals surface area contributed by atoms with Gasteiger partial charge in [0.25, 0.3) is 5.89 Å². The molecule has 0 fully saturated rings. The molecule has 0 N–H and O–H groups in total. The van der Waals surface area contributed by atoms with E-state index in [0.29, 0.717) is 15.6 Å². The predicted octanol–water partition coefficient (Wildman–Crippen LogP) is 4.18. The van der Waals surface area contributed by atoms with Crippen molar-refractivity contribution in [2.75, 3.05) is 14.1 Å². The minimum absolute atomic E-state index is 0.0676. The molecule has 0 spiro atoms. The van der Waals surface area contributed by atoms with Gasteiger partial charge in [0.2, 0.25) is 15.9 Å². The maximum Gasteiger partial charge on any atom is 0.254 e. The number of halogens is 2. The van der Waals surface area contributed by atoms with Crippen LogP contribution in [0.1, 0.15) is 11.5 Å². The average Bonchev–Trinajstić information content (AvgIpc) is 3.09. The Morgan fingerprint density at radius 2 is 1.86 bits per heavy atom. The topological polar surface area (TPSA) is 85.5 Å². The first-order valence-corrected chi connectivity index (χ1v) is 10.3. The van der Waals surface area contributed by atoms with Crippen molar-refractivity contribution in [1.29, 1.82) is 0 Å². The van der Waals surface area contributed by atoms with Gasteiger partial charge in [0, 0.05) is 19.1 Å². The van der Waals surface area contributed by atoms with Crippen LogP contribution in [0.25, 0.3) is 11.5 Å². The van der Waals surface area contributed by atoms with Crippen LogP contribution in [-0.4, -0.2) is 37.0 Å². The second-order valence-corrected chi connectivity index (χ2v) is 9.12. The molecule has 10 heteroatoms. The number of aromatic nitrogens is 2. The van der Waals surface area contributed by atoms with E-state index in [1.165, 1.54) is 14.1 Å². The van der Waals surface area contributed by atoms with Crippen LogP contribution in [-0.2, 0) is 16.6 Å². The van der Waals surface area contributed by atoms with Gasteiger partial charge < -0.3 is 9.15 Å². The minimum atomic E-state index is -3.67.